The monoisotopic (exact) mass is 254 g/mol. The van der Waals surface area contributed by atoms with Crippen LogP contribution in [0, 0.1) is 17.8 Å². The van der Waals surface area contributed by atoms with Crippen molar-refractivity contribution in [2.45, 2.75) is 65.5 Å². The van der Waals surface area contributed by atoms with E-state index in [1.165, 1.54) is 19.3 Å². The molecule has 3 heteroatoms. The first-order valence-electron chi connectivity index (χ1n) is 7.41. The van der Waals surface area contributed by atoms with Gasteiger partial charge in [-0.1, -0.05) is 34.1 Å². The van der Waals surface area contributed by atoms with Gasteiger partial charge in [0.1, 0.15) is 0 Å². The van der Waals surface area contributed by atoms with E-state index in [9.17, 15) is 4.79 Å². The number of rotatable bonds is 5. The Balaban J connectivity index is 2.60. The Bertz CT molecular complexity index is 265. The zero-order valence-electron chi connectivity index (χ0n) is 12.6. The molecular weight excluding hydrogens is 224 g/mol. The lowest BCUT2D eigenvalue weighted by molar-refractivity contribution is -0.123. The molecule has 2 N–H and O–H groups in total. The molecule has 1 saturated carbocycles. The minimum Gasteiger partial charge on any atom is -0.358 e. The van der Waals surface area contributed by atoms with E-state index in [0.717, 1.165) is 12.3 Å². The third-order valence-corrected chi connectivity index (χ3v) is 4.14. The molecule has 1 fully saturated rings. The molecule has 0 aromatic heterocycles. The SMILES string of the molecule is CNC(=O)C(CC(C)C)NC1CC(C)CCC1C. The minimum absolute atomic E-state index is 0.0345. The molecule has 18 heavy (non-hydrogen) atoms. The number of nitrogens with one attached hydrogen (secondary N) is 2. The maximum absolute atomic E-state index is 11.9. The molecule has 106 valence electrons. The first-order chi connectivity index (χ1) is 8.43. The molecule has 0 aromatic rings. The number of hydrogen-bond acceptors (Lipinski definition) is 2. The van der Waals surface area contributed by atoms with Crippen LogP contribution in [-0.2, 0) is 4.79 Å². The fourth-order valence-corrected chi connectivity index (χ4v) is 2.92. The summed E-state index contributed by atoms with van der Waals surface area (Å²) in [6.45, 7) is 8.97. The van der Waals surface area contributed by atoms with Crippen LogP contribution in [0.1, 0.15) is 53.4 Å². The zero-order valence-corrected chi connectivity index (χ0v) is 12.6. The van der Waals surface area contributed by atoms with Gasteiger partial charge in [0.05, 0.1) is 6.04 Å². The minimum atomic E-state index is -0.0345. The van der Waals surface area contributed by atoms with Crippen molar-refractivity contribution in [3.8, 4) is 0 Å². The normalized spacial score (nSPS) is 30.2. The Hall–Kier alpha value is -0.570. The van der Waals surface area contributed by atoms with Crippen molar-refractivity contribution < 1.29 is 4.79 Å². The molecule has 0 aromatic carbocycles. The zero-order chi connectivity index (χ0) is 13.7. The molecule has 4 unspecified atom stereocenters. The predicted octanol–water partition coefficient (Wildman–Crippen LogP) is 2.56. The molecular formula is C15H30N2O. The molecule has 0 saturated heterocycles. The van der Waals surface area contributed by atoms with Crippen molar-refractivity contribution in [3.63, 3.8) is 0 Å². The van der Waals surface area contributed by atoms with Gasteiger partial charge in [-0.3, -0.25) is 4.79 Å². The number of amides is 1. The number of hydrogen-bond donors (Lipinski definition) is 2. The highest BCUT2D eigenvalue weighted by Gasteiger charge is 2.29. The summed E-state index contributed by atoms with van der Waals surface area (Å²) in [5.74, 6) is 2.13. The van der Waals surface area contributed by atoms with Crippen molar-refractivity contribution in [2.24, 2.45) is 17.8 Å². The van der Waals surface area contributed by atoms with Crippen LogP contribution in [0.15, 0.2) is 0 Å². The number of carbonyl (C=O) groups is 1. The molecule has 0 aliphatic heterocycles. The molecule has 1 amide bonds. The van der Waals surface area contributed by atoms with E-state index in [1.807, 2.05) is 0 Å². The summed E-state index contributed by atoms with van der Waals surface area (Å²) in [6, 6.07) is 0.461. The summed E-state index contributed by atoms with van der Waals surface area (Å²) in [5, 5.41) is 6.39. The second kappa shape index (κ2) is 7.13. The van der Waals surface area contributed by atoms with Gasteiger partial charge in [-0.15, -0.1) is 0 Å². The topological polar surface area (TPSA) is 41.1 Å². The van der Waals surface area contributed by atoms with Gasteiger partial charge in [0, 0.05) is 13.1 Å². The molecule has 1 rings (SSSR count). The van der Waals surface area contributed by atoms with Crippen LogP contribution in [0.2, 0.25) is 0 Å². The summed E-state index contributed by atoms with van der Waals surface area (Å²) >= 11 is 0. The first-order valence-corrected chi connectivity index (χ1v) is 7.41. The van der Waals surface area contributed by atoms with Crippen LogP contribution in [-0.4, -0.2) is 25.0 Å². The summed E-state index contributed by atoms with van der Waals surface area (Å²) < 4.78 is 0. The number of carbonyl (C=O) groups excluding carboxylic acids is 1. The smallest absolute Gasteiger partial charge is 0.236 e. The van der Waals surface area contributed by atoms with Crippen LogP contribution >= 0.6 is 0 Å². The van der Waals surface area contributed by atoms with Crippen molar-refractivity contribution in [3.05, 3.63) is 0 Å². The molecule has 0 radical (unpaired) electrons. The van der Waals surface area contributed by atoms with Crippen LogP contribution in [0.4, 0.5) is 0 Å². The van der Waals surface area contributed by atoms with Crippen molar-refractivity contribution >= 4 is 5.91 Å². The van der Waals surface area contributed by atoms with Gasteiger partial charge in [0.2, 0.25) is 5.91 Å². The fourth-order valence-electron chi connectivity index (χ4n) is 2.92. The second-order valence-electron chi connectivity index (χ2n) is 6.47. The molecule has 0 spiro atoms. The van der Waals surface area contributed by atoms with Gasteiger partial charge in [-0.2, -0.15) is 0 Å². The molecule has 1 aliphatic carbocycles. The van der Waals surface area contributed by atoms with E-state index >= 15 is 0 Å². The number of likely N-dealkylation sites (N-methyl/N-ethyl adjacent to an activating group) is 1. The van der Waals surface area contributed by atoms with E-state index in [4.69, 9.17) is 0 Å². The highest BCUT2D eigenvalue weighted by molar-refractivity contribution is 5.81. The standard InChI is InChI=1S/C15H30N2O/c1-10(2)8-14(15(18)16-5)17-13-9-11(3)6-7-12(13)4/h10-14,17H,6-9H2,1-5H3,(H,16,18). The summed E-state index contributed by atoms with van der Waals surface area (Å²) in [7, 11) is 1.73. The molecule has 3 nitrogen and oxygen atoms in total. The summed E-state index contributed by atoms with van der Waals surface area (Å²) in [5.41, 5.74) is 0. The van der Waals surface area contributed by atoms with Crippen molar-refractivity contribution in [2.75, 3.05) is 7.05 Å². The van der Waals surface area contributed by atoms with Gasteiger partial charge in [0.15, 0.2) is 0 Å². The molecule has 0 heterocycles. The van der Waals surface area contributed by atoms with Crippen molar-refractivity contribution in [1.29, 1.82) is 0 Å². The van der Waals surface area contributed by atoms with Crippen LogP contribution in [0.25, 0.3) is 0 Å². The van der Waals surface area contributed by atoms with Gasteiger partial charge < -0.3 is 10.6 Å². The highest BCUT2D eigenvalue weighted by Crippen LogP contribution is 2.29. The first kappa shape index (κ1) is 15.5. The fraction of sp³-hybridized carbons (Fsp3) is 0.933. The van der Waals surface area contributed by atoms with E-state index in [2.05, 4.69) is 38.3 Å². The van der Waals surface area contributed by atoms with Gasteiger partial charge in [0.25, 0.3) is 0 Å². The average Bonchev–Trinajstić information content (AvgIpc) is 2.31. The van der Waals surface area contributed by atoms with Gasteiger partial charge in [-0.25, -0.2) is 0 Å². The van der Waals surface area contributed by atoms with E-state index < -0.39 is 0 Å². The maximum atomic E-state index is 11.9. The Morgan fingerprint density at radius 3 is 2.50 bits per heavy atom. The van der Waals surface area contributed by atoms with Crippen LogP contribution in [0.3, 0.4) is 0 Å². The summed E-state index contributed by atoms with van der Waals surface area (Å²) in [6.07, 6.45) is 4.72. The third kappa shape index (κ3) is 4.60. The highest BCUT2D eigenvalue weighted by atomic mass is 16.2. The van der Waals surface area contributed by atoms with E-state index in [0.29, 0.717) is 17.9 Å². The third-order valence-electron chi connectivity index (χ3n) is 4.14. The Morgan fingerprint density at radius 1 is 1.28 bits per heavy atom. The molecule has 0 bridgehead atoms. The lowest BCUT2D eigenvalue weighted by Crippen LogP contribution is -2.51. The lowest BCUT2D eigenvalue weighted by atomic mass is 9.79. The average molecular weight is 254 g/mol. The van der Waals surface area contributed by atoms with Crippen LogP contribution < -0.4 is 10.6 Å². The maximum Gasteiger partial charge on any atom is 0.236 e. The quantitative estimate of drug-likeness (QED) is 0.791. The second-order valence-corrected chi connectivity index (χ2v) is 6.47. The van der Waals surface area contributed by atoms with Crippen molar-refractivity contribution in [1.82, 2.24) is 10.6 Å². The Labute approximate surface area is 112 Å². The predicted molar refractivity (Wildman–Crippen MR) is 76.4 cm³/mol. The summed E-state index contributed by atoms with van der Waals surface area (Å²) in [4.78, 5) is 11.9. The van der Waals surface area contributed by atoms with E-state index in [1.54, 1.807) is 7.05 Å². The van der Waals surface area contributed by atoms with E-state index in [-0.39, 0.29) is 11.9 Å². The Morgan fingerprint density at radius 2 is 1.94 bits per heavy atom. The van der Waals surface area contributed by atoms with Gasteiger partial charge >= 0.3 is 0 Å². The van der Waals surface area contributed by atoms with Crippen LogP contribution in [0.5, 0.6) is 0 Å². The molecule has 4 atom stereocenters. The Kier molecular flexibility index (Phi) is 6.13. The van der Waals surface area contributed by atoms with Gasteiger partial charge in [-0.05, 0) is 37.0 Å². The lowest BCUT2D eigenvalue weighted by Gasteiger charge is -2.36. The molecule has 1 aliphatic rings. The largest absolute Gasteiger partial charge is 0.358 e.